The number of hydrogen-bond acceptors (Lipinski definition) is 4. The lowest BCUT2D eigenvalue weighted by Crippen LogP contribution is -2.37. The van der Waals surface area contributed by atoms with Crippen LogP contribution in [0.5, 0.6) is 0 Å². The van der Waals surface area contributed by atoms with Gasteiger partial charge in [-0.25, -0.2) is 13.1 Å². The van der Waals surface area contributed by atoms with Crippen molar-refractivity contribution in [1.29, 1.82) is 0 Å². The van der Waals surface area contributed by atoms with Crippen LogP contribution in [0.25, 0.3) is 0 Å². The van der Waals surface area contributed by atoms with E-state index in [0.717, 1.165) is 0 Å². The minimum atomic E-state index is -4.54. The first-order valence-corrected chi connectivity index (χ1v) is 5.86. The van der Waals surface area contributed by atoms with Gasteiger partial charge >= 0.3 is 5.76 Å². The van der Waals surface area contributed by atoms with Crippen molar-refractivity contribution in [1.82, 2.24) is 4.72 Å². The van der Waals surface area contributed by atoms with Crippen LogP contribution in [-0.4, -0.2) is 39.2 Å². The second kappa shape index (κ2) is 4.28. The molecule has 0 bridgehead atoms. The zero-order valence-electron chi connectivity index (χ0n) is 8.37. The average Bonchev–Trinajstić information content (AvgIpc) is 2.42. The van der Waals surface area contributed by atoms with Gasteiger partial charge in [-0.05, 0) is 13.8 Å². The Morgan fingerprint density at radius 3 is 2.53 bits per heavy atom. The minimum Gasteiger partial charge on any atom is -0.348 e. The fourth-order valence-electron chi connectivity index (χ4n) is 1.14. The summed E-state index contributed by atoms with van der Waals surface area (Å²) in [6, 6.07) is 0. The van der Waals surface area contributed by atoms with Crippen LogP contribution in [-0.2, 0) is 19.5 Å². The van der Waals surface area contributed by atoms with Gasteiger partial charge in [-0.1, -0.05) is 0 Å². The van der Waals surface area contributed by atoms with Gasteiger partial charge in [-0.2, -0.15) is 8.78 Å². The molecule has 1 aliphatic rings. The van der Waals surface area contributed by atoms with E-state index in [9.17, 15) is 17.2 Å². The SMILES string of the molecule is CC1(C)OCC(CNS(=O)(=O)C(F)F)O1. The third-order valence-electron chi connectivity index (χ3n) is 1.81. The summed E-state index contributed by atoms with van der Waals surface area (Å²) in [6.45, 7) is 3.29. The van der Waals surface area contributed by atoms with Crippen molar-refractivity contribution in [2.75, 3.05) is 13.2 Å². The molecule has 1 heterocycles. The summed E-state index contributed by atoms with van der Waals surface area (Å²) in [7, 11) is -4.54. The van der Waals surface area contributed by atoms with Gasteiger partial charge in [0.15, 0.2) is 5.79 Å². The Hall–Kier alpha value is -0.310. The van der Waals surface area contributed by atoms with Gasteiger partial charge in [-0.15, -0.1) is 0 Å². The van der Waals surface area contributed by atoms with E-state index < -0.39 is 27.7 Å². The first-order valence-electron chi connectivity index (χ1n) is 4.31. The molecule has 1 unspecified atom stereocenters. The molecule has 1 N–H and O–H groups in total. The molecule has 8 heteroatoms. The molecule has 0 aromatic heterocycles. The first kappa shape index (κ1) is 12.8. The number of alkyl halides is 2. The van der Waals surface area contributed by atoms with E-state index in [0.29, 0.717) is 0 Å². The van der Waals surface area contributed by atoms with Crippen molar-refractivity contribution in [3.05, 3.63) is 0 Å². The summed E-state index contributed by atoms with van der Waals surface area (Å²) in [4.78, 5) is 0. The Bertz CT molecular complexity index is 317. The van der Waals surface area contributed by atoms with Gasteiger partial charge in [-0.3, -0.25) is 0 Å². The summed E-state index contributed by atoms with van der Waals surface area (Å²) < 4.78 is 57.3. The van der Waals surface area contributed by atoms with Crippen LogP contribution in [0.2, 0.25) is 0 Å². The zero-order chi connectivity index (χ0) is 11.7. The lowest BCUT2D eigenvalue weighted by atomic mass is 10.4. The highest BCUT2D eigenvalue weighted by molar-refractivity contribution is 7.89. The van der Waals surface area contributed by atoms with Crippen LogP contribution >= 0.6 is 0 Å². The Kier molecular flexibility index (Phi) is 3.64. The number of halogens is 2. The highest BCUT2D eigenvalue weighted by Crippen LogP contribution is 2.21. The van der Waals surface area contributed by atoms with Crippen molar-refractivity contribution < 1.29 is 26.7 Å². The molecule has 90 valence electrons. The molecule has 0 aromatic carbocycles. The first-order chi connectivity index (χ1) is 6.73. The monoisotopic (exact) mass is 245 g/mol. The van der Waals surface area contributed by atoms with Gasteiger partial charge in [0.1, 0.15) is 0 Å². The number of hydrogen-bond donors (Lipinski definition) is 1. The predicted octanol–water partition coefficient (Wildman–Crippen LogP) is 0.280. The van der Waals surface area contributed by atoms with Crippen molar-refractivity contribution in [3.8, 4) is 0 Å². The van der Waals surface area contributed by atoms with Crippen molar-refractivity contribution in [2.45, 2.75) is 31.5 Å². The molecular weight excluding hydrogens is 232 g/mol. The zero-order valence-corrected chi connectivity index (χ0v) is 9.18. The smallest absolute Gasteiger partial charge is 0.348 e. The minimum absolute atomic E-state index is 0.179. The van der Waals surface area contributed by atoms with Gasteiger partial charge in [0, 0.05) is 6.54 Å². The normalized spacial score (nSPS) is 26.1. The standard InChI is InChI=1S/C7H13F2NO4S/c1-7(2)13-4-5(14-7)3-10-15(11,12)6(8)9/h5-6,10H,3-4H2,1-2H3. The van der Waals surface area contributed by atoms with E-state index >= 15 is 0 Å². The van der Waals surface area contributed by atoms with E-state index in [4.69, 9.17) is 9.47 Å². The number of sulfonamides is 1. The van der Waals surface area contributed by atoms with Crippen LogP contribution in [0.3, 0.4) is 0 Å². The maximum absolute atomic E-state index is 11.9. The number of ether oxygens (including phenoxy) is 2. The Morgan fingerprint density at radius 1 is 1.53 bits per heavy atom. The second-order valence-electron chi connectivity index (χ2n) is 3.60. The van der Waals surface area contributed by atoms with E-state index in [1.165, 1.54) is 0 Å². The third-order valence-corrected chi connectivity index (χ3v) is 2.85. The van der Waals surface area contributed by atoms with Gasteiger partial charge < -0.3 is 9.47 Å². The van der Waals surface area contributed by atoms with Crippen molar-refractivity contribution >= 4 is 10.0 Å². The highest BCUT2D eigenvalue weighted by atomic mass is 32.2. The Morgan fingerprint density at radius 2 is 2.13 bits per heavy atom. The van der Waals surface area contributed by atoms with Crippen LogP contribution in [0.4, 0.5) is 8.78 Å². The molecule has 5 nitrogen and oxygen atoms in total. The van der Waals surface area contributed by atoms with Crippen molar-refractivity contribution in [3.63, 3.8) is 0 Å². The molecule has 0 radical (unpaired) electrons. The molecule has 1 aliphatic heterocycles. The number of rotatable bonds is 4. The Balaban J connectivity index is 2.40. The van der Waals surface area contributed by atoms with E-state index in [1.54, 1.807) is 18.6 Å². The van der Waals surface area contributed by atoms with Crippen LogP contribution in [0, 0.1) is 0 Å². The van der Waals surface area contributed by atoms with Gasteiger partial charge in [0.05, 0.1) is 12.7 Å². The quantitative estimate of drug-likeness (QED) is 0.772. The fraction of sp³-hybridized carbons (Fsp3) is 1.00. The summed E-state index contributed by atoms with van der Waals surface area (Å²) in [5.74, 6) is -4.21. The van der Waals surface area contributed by atoms with Crippen LogP contribution in [0.15, 0.2) is 0 Å². The maximum atomic E-state index is 11.9. The molecule has 15 heavy (non-hydrogen) atoms. The largest absolute Gasteiger partial charge is 0.350 e. The number of nitrogens with one attached hydrogen (secondary N) is 1. The van der Waals surface area contributed by atoms with E-state index in [-0.39, 0.29) is 13.2 Å². The van der Waals surface area contributed by atoms with Crippen LogP contribution in [0.1, 0.15) is 13.8 Å². The summed E-state index contributed by atoms with van der Waals surface area (Å²) in [5, 5.41) is 0. The molecular formula is C7H13F2NO4S. The molecule has 0 saturated carbocycles. The van der Waals surface area contributed by atoms with E-state index in [1.807, 2.05) is 0 Å². The van der Waals surface area contributed by atoms with Crippen LogP contribution < -0.4 is 4.72 Å². The summed E-state index contributed by atoms with van der Waals surface area (Å²) >= 11 is 0. The molecule has 0 spiro atoms. The lowest BCUT2D eigenvalue weighted by Gasteiger charge is -2.17. The molecule has 0 amide bonds. The fourth-order valence-corrected chi connectivity index (χ4v) is 1.68. The van der Waals surface area contributed by atoms with Gasteiger partial charge in [0.2, 0.25) is 0 Å². The topological polar surface area (TPSA) is 64.6 Å². The van der Waals surface area contributed by atoms with Crippen molar-refractivity contribution in [2.24, 2.45) is 0 Å². The second-order valence-corrected chi connectivity index (χ2v) is 5.34. The molecule has 1 saturated heterocycles. The molecule has 0 aliphatic carbocycles. The van der Waals surface area contributed by atoms with Gasteiger partial charge in [0.25, 0.3) is 10.0 Å². The third kappa shape index (κ3) is 3.63. The average molecular weight is 245 g/mol. The molecule has 1 atom stereocenters. The Labute approximate surface area is 86.8 Å². The summed E-state index contributed by atoms with van der Waals surface area (Å²) in [5.41, 5.74) is 0. The maximum Gasteiger partial charge on any atom is 0.350 e. The predicted molar refractivity (Wildman–Crippen MR) is 47.8 cm³/mol. The molecule has 1 fully saturated rings. The molecule has 0 aromatic rings. The summed E-state index contributed by atoms with van der Waals surface area (Å²) in [6.07, 6.45) is -0.534. The molecule has 1 rings (SSSR count). The lowest BCUT2D eigenvalue weighted by molar-refractivity contribution is -0.137. The highest BCUT2D eigenvalue weighted by Gasteiger charge is 2.34. The van der Waals surface area contributed by atoms with E-state index in [2.05, 4.69) is 0 Å².